The van der Waals surface area contributed by atoms with Crippen LogP contribution < -0.4 is 9.47 Å². The molecule has 2 N–H and O–H groups in total. The van der Waals surface area contributed by atoms with Gasteiger partial charge in [-0.2, -0.15) is 0 Å². The number of hydrogen-bond acceptors (Lipinski definition) is 6. The van der Waals surface area contributed by atoms with Crippen molar-refractivity contribution in [1.29, 1.82) is 0 Å². The van der Waals surface area contributed by atoms with Crippen molar-refractivity contribution in [3.8, 4) is 23.0 Å². The van der Waals surface area contributed by atoms with Crippen molar-refractivity contribution in [3.63, 3.8) is 0 Å². The van der Waals surface area contributed by atoms with Gasteiger partial charge >= 0.3 is 0 Å². The molecule has 0 fully saturated rings. The molecule has 0 radical (unpaired) electrons. The molecule has 3 rings (SSSR count). The molecule has 0 saturated carbocycles. The van der Waals surface area contributed by atoms with Gasteiger partial charge in [0.25, 0.3) is 0 Å². The summed E-state index contributed by atoms with van der Waals surface area (Å²) in [7, 11) is 0. The van der Waals surface area contributed by atoms with Crippen molar-refractivity contribution < 1.29 is 29.3 Å². The lowest BCUT2D eigenvalue weighted by atomic mass is 10.00. The highest BCUT2D eigenvalue weighted by atomic mass is 16.6. The maximum absolute atomic E-state index is 12.3. The van der Waals surface area contributed by atoms with E-state index >= 15 is 0 Å². The van der Waals surface area contributed by atoms with Crippen molar-refractivity contribution in [1.82, 2.24) is 0 Å². The lowest BCUT2D eigenvalue weighted by molar-refractivity contribution is 0.0914. The molecule has 24 heavy (non-hydrogen) atoms. The van der Waals surface area contributed by atoms with E-state index < -0.39 is 17.3 Å². The minimum absolute atomic E-state index is 0.0114. The average Bonchev–Trinajstić information content (AvgIpc) is 2.63. The highest BCUT2D eigenvalue weighted by Crippen LogP contribution is 2.46. The lowest BCUT2D eigenvalue weighted by Crippen LogP contribution is -2.16. The number of rotatable bonds is 5. The first-order valence-corrected chi connectivity index (χ1v) is 7.54. The first-order valence-electron chi connectivity index (χ1n) is 7.54. The molecule has 0 saturated heterocycles. The van der Waals surface area contributed by atoms with Crippen LogP contribution in [0.15, 0.2) is 36.4 Å². The number of ether oxygens (including phenoxy) is 2. The largest absolute Gasteiger partial charge is 0.504 e. The summed E-state index contributed by atoms with van der Waals surface area (Å²) in [5.41, 5.74) is 0.442. The molecular formula is C18H16O6. The van der Waals surface area contributed by atoms with Crippen LogP contribution in [0.3, 0.4) is 0 Å². The first kappa shape index (κ1) is 15.9. The number of ketones is 2. The second-order valence-corrected chi connectivity index (χ2v) is 5.36. The third-order valence-electron chi connectivity index (χ3n) is 3.76. The Bertz CT molecular complexity index is 782. The number of benzene rings is 2. The third kappa shape index (κ3) is 3.03. The van der Waals surface area contributed by atoms with Crippen molar-refractivity contribution in [2.24, 2.45) is 0 Å². The highest BCUT2D eigenvalue weighted by Gasteiger charge is 2.25. The Morgan fingerprint density at radius 3 is 2.33 bits per heavy atom. The summed E-state index contributed by atoms with van der Waals surface area (Å²) >= 11 is 0. The summed E-state index contributed by atoms with van der Waals surface area (Å²) in [6.45, 7) is 0.538. The van der Waals surface area contributed by atoms with Gasteiger partial charge in [-0.15, -0.1) is 0 Å². The van der Waals surface area contributed by atoms with Gasteiger partial charge in [-0.1, -0.05) is 30.3 Å². The van der Waals surface area contributed by atoms with Gasteiger partial charge in [-0.05, 0) is 6.07 Å². The van der Waals surface area contributed by atoms with Gasteiger partial charge in [0.2, 0.25) is 11.5 Å². The fourth-order valence-corrected chi connectivity index (χ4v) is 2.50. The standard InChI is InChI=1S/C18H16O6/c19-13(11-4-2-1-3-5-11)6-7-14(20)12-10-15-18(17(22)16(12)21)24-9-8-23-15/h1-5,10,21-22H,6-9H2. The zero-order valence-electron chi connectivity index (χ0n) is 12.8. The topological polar surface area (TPSA) is 93.1 Å². The molecule has 2 aromatic carbocycles. The normalized spacial score (nSPS) is 12.7. The molecule has 2 aromatic rings. The molecule has 0 spiro atoms. The van der Waals surface area contributed by atoms with Crippen LogP contribution in [0.4, 0.5) is 0 Å². The van der Waals surface area contributed by atoms with Gasteiger partial charge in [-0.3, -0.25) is 9.59 Å². The van der Waals surface area contributed by atoms with E-state index in [1.54, 1.807) is 30.3 Å². The predicted molar refractivity (Wildman–Crippen MR) is 85.1 cm³/mol. The van der Waals surface area contributed by atoms with Gasteiger partial charge in [0, 0.05) is 18.4 Å². The average molecular weight is 328 g/mol. The van der Waals surface area contributed by atoms with Gasteiger partial charge in [0.05, 0.1) is 5.56 Å². The second-order valence-electron chi connectivity index (χ2n) is 5.36. The van der Waals surface area contributed by atoms with Gasteiger partial charge < -0.3 is 19.7 Å². The molecule has 0 unspecified atom stereocenters. The summed E-state index contributed by atoms with van der Waals surface area (Å²) < 4.78 is 10.6. The van der Waals surface area contributed by atoms with E-state index in [-0.39, 0.29) is 48.9 Å². The maximum Gasteiger partial charge on any atom is 0.207 e. The van der Waals surface area contributed by atoms with Crippen LogP contribution in [0.1, 0.15) is 33.6 Å². The Kier molecular flexibility index (Phi) is 4.37. The number of hydrogen-bond donors (Lipinski definition) is 2. The maximum atomic E-state index is 12.3. The summed E-state index contributed by atoms with van der Waals surface area (Å²) in [4.78, 5) is 24.4. The van der Waals surface area contributed by atoms with E-state index in [0.29, 0.717) is 5.56 Å². The Morgan fingerprint density at radius 2 is 1.58 bits per heavy atom. The molecule has 0 aromatic heterocycles. The van der Waals surface area contributed by atoms with Crippen LogP contribution in [0.5, 0.6) is 23.0 Å². The molecule has 6 heteroatoms. The number of phenols is 2. The minimum Gasteiger partial charge on any atom is -0.504 e. The van der Waals surface area contributed by atoms with E-state index in [2.05, 4.69) is 0 Å². The van der Waals surface area contributed by atoms with E-state index in [4.69, 9.17) is 9.47 Å². The molecule has 1 aliphatic rings. The Hall–Kier alpha value is -3.02. The first-order chi connectivity index (χ1) is 11.6. The fourth-order valence-electron chi connectivity index (χ4n) is 2.50. The molecule has 0 aliphatic carbocycles. The molecule has 0 bridgehead atoms. The molecular weight excluding hydrogens is 312 g/mol. The predicted octanol–water partition coefficient (Wildman–Crippen LogP) is 2.71. The zero-order valence-corrected chi connectivity index (χ0v) is 12.8. The van der Waals surface area contributed by atoms with Gasteiger partial charge in [0.15, 0.2) is 23.1 Å². The molecule has 6 nitrogen and oxygen atoms in total. The van der Waals surface area contributed by atoms with Crippen LogP contribution in [0.25, 0.3) is 0 Å². The van der Waals surface area contributed by atoms with Gasteiger partial charge in [0.1, 0.15) is 13.2 Å². The number of aromatic hydroxyl groups is 2. The van der Waals surface area contributed by atoms with E-state index in [1.165, 1.54) is 6.07 Å². The number of carbonyl (C=O) groups is 2. The summed E-state index contributed by atoms with van der Waals surface area (Å²) in [6, 6.07) is 10.00. The summed E-state index contributed by atoms with van der Waals surface area (Å²) in [5, 5.41) is 20.0. The lowest BCUT2D eigenvalue weighted by Gasteiger charge is -2.20. The quantitative estimate of drug-likeness (QED) is 0.647. The van der Waals surface area contributed by atoms with E-state index in [0.717, 1.165) is 0 Å². The summed E-state index contributed by atoms with van der Waals surface area (Å²) in [6.07, 6.45) is -0.0716. The van der Waals surface area contributed by atoms with Crippen LogP contribution in [-0.2, 0) is 0 Å². The minimum atomic E-state index is -0.559. The Morgan fingerprint density at radius 1 is 0.917 bits per heavy atom. The van der Waals surface area contributed by atoms with Crippen LogP contribution in [0, 0.1) is 0 Å². The molecule has 1 aliphatic heterocycles. The van der Waals surface area contributed by atoms with Crippen molar-refractivity contribution in [3.05, 3.63) is 47.5 Å². The van der Waals surface area contributed by atoms with Crippen molar-refractivity contribution >= 4 is 11.6 Å². The van der Waals surface area contributed by atoms with E-state index in [1.807, 2.05) is 0 Å². The fraction of sp³-hybridized carbons (Fsp3) is 0.222. The smallest absolute Gasteiger partial charge is 0.207 e. The number of fused-ring (bicyclic) bond motifs is 1. The molecule has 0 amide bonds. The van der Waals surface area contributed by atoms with Crippen LogP contribution in [-0.4, -0.2) is 35.0 Å². The number of phenolic OH excluding ortho intramolecular Hbond substituents is 2. The Labute approximate surface area is 138 Å². The molecule has 1 heterocycles. The number of Topliss-reactive ketones (excluding diaryl/α,β-unsaturated/α-hetero) is 2. The molecule has 0 atom stereocenters. The van der Waals surface area contributed by atoms with Crippen molar-refractivity contribution in [2.75, 3.05) is 13.2 Å². The highest BCUT2D eigenvalue weighted by molar-refractivity contribution is 6.04. The van der Waals surface area contributed by atoms with Crippen LogP contribution >= 0.6 is 0 Å². The van der Waals surface area contributed by atoms with Crippen molar-refractivity contribution in [2.45, 2.75) is 12.8 Å². The third-order valence-corrected chi connectivity index (χ3v) is 3.76. The summed E-state index contributed by atoms with van der Waals surface area (Å²) in [5.74, 6) is -1.47. The van der Waals surface area contributed by atoms with Gasteiger partial charge in [-0.25, -0.2) is 0 Å². The Balaban J connectivity index is 1.76. The van der Waals surface area contributed by atoms with Crippen LogP contribution in [0.2, 0.25) is 0 Å². The van der Waals surface area contributed by atoms with E-state index in [9.17, 15) is 19.8 Å². The SMILES string of the molecule is O=C(CCC(=O)c1cc2c(c(O)c1O)OCCO2)c1ccccc1. The second kappa shape index (κ2) is 6.62. The number of carbonyl (C=O) groups excluding carboxylic acids is 2. The zero-order chi connectivity index (χ0) is 17.1. The molecule has 124 valence electrons. The monoisotopic (exact) mass is 328 g/mol.